The number of rotatable bonds is 7. The molecule has 166 valence electrons. The number of hydrogen-bond donors (Lipinski definition) is 1. The van der Waals surface area contributed by atoms with Crippen LogP contribution in [0.15, 0.2) is 30.5 Å². The molecule has 0 radical (unpaired) electrons. The number of likely N-dealkylation sites (tertiary alicyclic amines) is 1. The number of ether oxygens (including phenoxy) is 1. The molecule has 0 bridgehead atoms. The summed E-state index contributed by atoms with van der Waals surface area (Å²) in [6.45, 7) is 5.50. The summed E-state index contributed by atoms with van der Waals surface area (Å²) in [5.74, 6) is 1.73. The Labute approximate surface area is 188 Å². The number of piperidine rings is 1. The normalized spacial score (nSPS) is 17.7. The second kappa shape index (κ2) is 10.3. The molecule has 1 aromatic heterocycles. The van der Waals surface area contributed by atoms with Gasteiger partial charge in [-0.25, -0.2) is 9.97 Å². The second-order valence-corrected chi connectivity index (χ2v) is 8.75. The zero-order chi connectivity index (χ0) is 21.6. The average Bonchev–Trinajstić information content (AvgIpc) is 3.34. The molecule has 0 aliphatic carbocycles. The molecule has 2 aliphatic rings. The van der Waals surface area contributed by atoms with Gasteiger partial charge >= 0.3 is 0 Å². The Morgan fingerprint density at radius 1 is 1.16 bits per heavy atom. The molecular weight excluding hydrogens is 414 g/mol. The maximum Gasteiger partial charge on any atom is 0.271 e. The first-order valence-corrected chi connectivity index (χ1v) is 11.4. The smallest absolute Gasteiger partial charge is 0.271 e. The average molecular weight is 444 g/mol. The van der Waals surface area contributed by atoms with Crippen molar-refractivity contribution in [3.8, 4) is 5.75 Å². The van der Waals surface area contributed by atoms with Crippen LogP contribution in [0.3, 0.4) is 0 Å². The Kier molecular flexibility index (Phi) is 7.25. The van der Waals surface area contributed by atoms with E-state index in [9.17, 15) is 4.79 Å². The van der Waals surface area contributed by atoms with Crippen LogP contribution >= 0.6 is 11.6 Å². The van der Waals surface area contributed by atoms with Crippen LogP contribution in [0.4, 0.5) is 5.95 Å². The van der Waals surface area contributed by atoms with Crippen molar-refractivity contribution in [1.82, 2.24) is 20.2 Å². The number of carbonyl (C=O) groups is 1. The highest BCUT2D eigenvalue weighted by atomic mass is 35.5. The van der Waals surface area contributed by atoms with E-state index in [2.05, 4.69) is 37.2 Å². The molecule has 1 N–H and O–H groups in total. The number of aromatic nitrogens is 2. The van der Waals surface area contributed by atoms with E-state index in [-0.39, 0.29) is 11.6 Å². The van der Waals surface area contributed by atoms with Crippen molar-refractivity contribution in [2.75, 3.05) is 44.7 Å². The van der Waals surface area contributed by atoms with Gasteiger partial charge in [0.25, 0.3) is 5.91 Å². The van der Waals surface area contributed by atoms with Gasteiger partial charge in [-0.3, -0.25) is 9.69 Å². The van der Waals surface area contributed by atoms with E-state index in [1.54, 1.807) is 7.11 Å². The third-order valence-corrected chi connectivity index (χ3v) is 6.44. The van der Waals surface area contributed by atoms with Gasteiger partial charge in [0.1, 0.15) is 5.75 Å². The minimum Gasteiger partial charge on any atom is -0.497 e. The molecule has 8 heteroatoms. The molecule has 0 spiro atoms. The van der Waals surface area contributed by atoms with E-state index in [1.807, 2.05) is 12.1 Å². The fourth-order valence-corrected chi connectivity index (χ4v) is 4.42. The maximum absolute atomic E-state index is 12.7. The van der Waals surface area contributed by atoms with Crippen LogP contribution in [-0.2, 0) is 6.54 Å². The van der Waals surface area contributed by atoms with E-state index in [4.69, 9.17) is 16.3 Å². The number of methoxy groups -OCH3 is 1. The topological polar surface area (TPSA) is 70.6 Å². The molecule has 1 amide bonds. The van der Waals surface area contributed by atoms with E-state index >= 15 is 0 Å². The standard InChI is InChI=1S/C23H30ClN5O2/c1-31-19-6-4-18(5-7-19)16-28-12-8-17(9-13-28)14-25-22(30)21-20(24)15-26-23(27-21)29-10-2-3-11-29/h4-7,15,17H,2-3,8-14,16H2,1H3,(H,25,30). The summed E-state index contributed by atoms with van der Waals surface area (Å²) in [5, 5.41) is 3.34. The molecule has 3 heterocycles. The van der Waals surface area contributed by atoms with Crippen LogP contribution in [0.1, 0.15) is 41.7 Å². The first-order valence-electron chi connectivity index (χ1n) is 11.0. The van der Waals surface area contributed by atoms with Crippen molar-refractivity contribution in [3.05, 3.63) is 46.7 Å². The third-order valence-electron chi connectivity index (χ3n) is 6.16. The summed E-state index contributed by atoms with van der Waals surface area (Å²) in [6, 6.07) is 8.25. The molecule has 4 rings (SSSR count). The molecule has 2 fully saturated rings. The quantitative estimate of drug-likeness (QED) is 0.707. The van der Waals surface area contributed by atoms with Crippen molar-refractivity contribution >= 4 is 23.5 Å². The lowest BCUT2D eigenvalue weighted by atomic mass is 9.96. The first kappa shape index (κ1) is 21.8. The number of anilines is 1. The number of nitrogens with zero attached hydrogens (tertiary/aromatic N) is 4. The highest BCUT2D eigenvalue weighted by molar-refractivity contribution is 6.33. The fourth-order valence-electron chi connectivity index (χ4n) is 4.25. The lowest BCUT2D eigenvalue weighted by Gasteiger charge is -2.32. The monoisotopic (exact) mass is 443 g/mol. The van der Waals surface area contributed by atoms with Crippen molar-refractivity contribution in [2.24, 2.45) is 5.92 Å². The van der Waals surface area contributed by atoms with Crippen molar-refractivity contribution in [3.63, 3.8) is 0 Å². The molecule has 2 saturated heterocycles. The Bertz CT molecular complexity index is 878. The fraction of sp³-hybridized carbons (Fsp3) is 0.522. The Balaban J connectivity index is 1.24. The third kappa shape index (κ3) is 5.66. The Hall–Kier alpha value is -2.38. The van der Waals surface area contributed by atoms with Crippen LogP contribution in [0.5, 0.6) is 5.75 Å². The summed E-state index contributed by atoms with van der Waals surface area (Å²) in [5.41, 5.74) is 1.57. The second-order valence-electron chi connectivity index (χ2n) is 8.34. The molecule has 0 atom stereocenters. The minimum atomic E-state index is -0.214. The van der Waals surface area contributed by atoms with E-state index < -0.39 is 0 Å². The predicted molar refractivity (Wildman–Crippen MR) is 122 cm³/mol. The molecule has 31 heavy (non-hydrogen) atoms. The van der Waals surface area contributed by atoms with Crippen molar-refractivity contribution in [1.29, 1.82) is 0 Å². The zero-order valence-electron chi connectivity index (χ0n) is 18.0. The van der Waals surface area contributed by atoms with Gasteiger partial charge in [0, 0.05) is 26.2 Å². The molecule has 1 aromatic carbocycles. The van der Waals surface area contributed by atoms with Crippen LogP contribution < -0.4 is 15.0 Å². The SMILES string of the molecule is COc1ccc(CN2CCC(CNC(=O)c3nc(N4CCCC4)ncc3Cl)CC2)cc1. The summed E-state index contributed by atoms with van der Waals surface area (Å²) in [4.78, 5) is 26.0. The van der Waals surface area contributed by atoms with Gasteiger partial charge in [-0.2, -0.15) is 0 Å². The minimum absolute atomic E-state index is 0.214. The van der Waals surface area contributed by atoms with Crippen molar-refractivity contribution < 1.29 is 9.53 Å². The van der Waals surface area contributed by atoms with Gasteiger partial charge in [0.05, 0.1) is 18.3 Å². The summed E-state index contributed by atoms with van der Waals surface area (Å²) < 4.78 is 5.22. The molecule has 0 unspecified atom stereocenters. The molecule has 2 aromatic rings. The van der Waals surface area contributed by atoms with Gasteiger partial charge in [0.2, 0.25) is 5.95 Å². The van der Waals surface area contributed by atoms with Gasteiger partial charge in [-0.15, -0.1) is 0 Å². The van der Waals surface area contributed by atoms with E-state index in [0.717, 1.165) is 64.2 Å². The molecular formula is C23H30ClN5O2. The maximum atomic E-state index is 12.7. The molecule has 0 saturated carbocycles. The highest BCUT2D eigenvalue weighted by Crippen LogP contribution is 2.22. The van der Waals surface area contributed by atoms with Gasteiger partial charge in [-0.05, 0) is 62.4 Å². The zero-order valence-corrected chi connectivity index (χ0v) is 18.8. The Morgan fingerprint density at radius 2 is 1.87 bits per heavy atom. The summed E-state index contributed by atoms with van der Waals surface area (Å²) >= 11 is 6.22. The van der Waals surface area contributed by atoms with Crippen molar-refractivity contribution in [2.45, 2.75) is 32.2 Å². The number of nitrogens with one attached hydrogen (secondary N) is 1. The number of carbonyl (C=O) groups excluding carboxylic acids is 1. The Morgan fingerprint density at radius 3 is 2.55 bits per heavy atom. The van der Waals surface area contributed by atoms with Crippen LogP contribution in [0.25, 0.3) is 0 Å². The van der Waals surface area contributed by atoms with Gasteiger partial charge < -0.3 is 15.0 Å². The number of hydrogen-bond acceptors (Lipinski definition) is 6. The van der Waals surface area contributed by atoms with E-state index in [1.165, 1.54) is 11.8 Å². The first-order chi connectivity index (χ1) is 15.1. The number of amides is 1. The lowest BCUT2D eigenvalue weighted by molar-refractivity contribution is 0.0930. The summed E-state index contributed by atoms with van der Waals surface area (Å²) in [6.07, 6.45) is 5.92. The predicted octanol–water partition coefficient (Wildman–Crippen LogP) is 3.38. The van der Waals surface area contributed by atoms with Gasteiger partial charge in [0.15, 0.2) is 5.69 Å². The van der Waals surface area contributed by atoms with Gasteiger partial charge in [-0.1, -0.05) is 23.7 Å². The molecule has 2 aliphatic heterocycles. The van der Waals surface area contributed by atoms with Crippen LogP contribution in [0.2, 0.25) is 5.02 Å². The summed E-state index contributed by atoms with van der Waals surface area (Å²) in [7, 11) is 1.68. The van der Waals surface area contributed by atoms with Crippen LogP contribution in [-0.4, -0.2) is 60.6 Å². The number of halogens is 1. The largest absolute Gasteiger partial charge is 0.497 e. The number of benzene rings is 1. The lowest BCUT2D eigenvalue weighted by Crippen LogP contribution is -2.38. The molecule has 7 nitrogen and oxygen atoms in total. The van der Waals surface area contributed by atoms with Crippen LogP contribution in [0, 0.1) is 5.92 Å². The highest BCUT2D eigenvalue weighted by Gasteiger charge is 2.22. The van der Waals surface area contributed by atoms with E-state index in [0.29, 0.717) is 23.4 Å².